The van der Waals surface area contributed by atoms with Gasteiger partial charge in [0.05, 0.1) is 0 Å². The van der Waals surface area contributed by atoms with Crippen molar-refractivity contribution < 1.29 is 9.50 Å². The van der Waals surface area contributed by atoms with Crippen molar-refractivity contribution in [3.63, 3.8) is 0 Å². The largest absolute Gasteiger partial charge is 0.508 e. The van der Waals surface area contributed by atoms with Crippen LogP contribution in [0.15, 0.2) is 24.3 Å². The van der Waals surface area contributed by atoms with Gasteiger partial charge in [-0.15, -0.1) is 0 Å². The molecule has 0 radical (unpaired) electrons. The van der Waals surface area contributed by atoms with Crippen molar-refractivity contribution in [2.24, 2.45) is 11.1 Å². The Kier molecular flexibility index (Phi) is 3.05. The molecule has 0 aromatic heterocycles. The van der Waals surface area contributed by atoms with Gasteiger partial charge in [0.1, 0.15) is 11.4 Å². The second-order valence-corrected chi connectivity index (χ2v) is 4.61. The molecular formula is C12H18FNO. The molecule has 0 aliphatic heterocycles. The molecule has 2 nitrogen and oxygen atoms in total. The lowest BCUT2D eigenvalue weighted by Gasteiger charge is -2.37. The molecule has 0 heterocycles. The maximum atomic E-state index is 14.6. The van der Waals surface area contributed by atoms with E-state index in [0.29, 0.717) is 5.56 Å². The number of halogens is 1. The number of hydrogen-bond donors (Lipinski definition) is 2. The van der Waals surface area contributed by atoms with Gasteiger partial charge in [0, 0.05) is 17.5 Å². The number of phenolic OH excluding ortho intramolecular Hbond substituents is 1. The number of nitrogens with two attached hydrogens (primary N) is 1. The number of aromatic hydroxyl groups is 1. The molecule has 0 bridgehead atoms. The molecule has 1 rings (SSSR count). The van der Waals surface area contributed by atoms with Crippen molar-refractivity contribution in [3.05, 3.63) is 29.8 Å². The fourth-order valence-electron chi connectivity index (χ4n) is 1.43. The van der Waals surface area contributed by atoms with Crippen molar-refractivity contribution in [1.82, 2.24) is 0 Å². The Morgan fingerprint density at radius 3 is 2.27 bits per heavy atom. The van der Waals surface area contributed by atoms with Crippen LogP contribution in [0.4, 0.5) is 4.39 Å². The molecule has 0 saturated carbocycles. The van der Waals surface area contributed by atoms with Crippen LogP contribution in [0.3, 0.4) is 0 Å². The molecule has 0 aliphatic rings. The third-order valence-electron chi connectivity index (χ3n) is 3.19. The van der Waals surface area contributed by atoms with Gasteiger partial charge in [0.2, 0.25) is 0 Å². The van der Waals surface area contributed by atoms with Crippen LogP contribution in [0.25, 0.3) is 0 Å². The molecule has 84 valence electrons. The Hall–Kier alpha value is -1.09. The first-order chi connectivity index (χ1) is 6.83. The molecule has 3 N–H and O–H groups in total. The second-order valence-electron chi connectivity index (χ2n) is 4.61. The summed E-state index contributed by atoms with van der Waals surface area (Å²) in [6, 6.07) is 6.45. The average molecular weight is 211 g/mol. The Balaban J connectivity index is 3.22. The zero-order valence-electron chi connectivity index (χ0n) is 9.42. The average Bonchev–Trinajstić information content (AvgIpc) is 2.18. The second kappa shape index (κ2) is 3.81. The number of alkyl halides is 1. The van der Waals surface area contributed by atoms with Crippen molar-refractivity contribution >= 4 is 0 Å². The third kappa shape index (κ3) is 1.97. The molecule has 3 heteroatoms. The van der Waals surface area contributed by atoms with E-state index >= 15 is 0 Å². The van der Waals surface area contributed by atoms with Crippen molar-refractivity contribution in [1.29, 1.82) is 0 Å². The van der Waals surface area contributed by atoms with E-state index in [9.17, 15) is 9.50 Å². The first-order valence-electron chi connectivity index (χ1n) is 5.00. The topological polar surface area (TPSA) is 46.2 Å². The van der Waals surface area contributed by atoms with Gasteiger partial charge in [0.15, 0.2) is 0 Å². The predicted octanol–water partition coefficient (Wildman–Crippen LogP) is 2.56. The Morgan fingerprint density at radius 1 is 1.27 bits per heavy atom. The van der Waals surface area contributed by atoms with Crippen LogP contribution in [-0.4, -0.2) is 11.7 Å². The highest BCUT2D eigenvalue weighted by atomic mass is 19.1. The predicted molar refractivity (Wildman–Crippen MR) is 59.4 cm³/mol. The molecule has 1 aromatic rings. The summed E-state index contributed by atoms with van der Waals surface area (Å²) >= 11 is 0. The smallest absolute Gasteiger partial charge is 0.143 e. The van der Waals surface area contributed by atoms with Gasteiger partial charge in [-0.3, -0.25) is 0 Å². The normalized spacial score (nSPS) is 16.1. The van der Waals surface area contributed by atoms with Gasteiger partial charge in [-0.2, -0.15) is 0 Å². The molecule has 0 fully saturated rings. The van der Waals surface area contributed by atoms with Gasteiger partial charge in [-0.25, -0.2) is 4.39 Å². The monoisotopic (exact) mass is 211 g/mol. The lowest BCUT2D eigenvalue weighted by molar-refractivity contribution is 0.0349. The third-order valence-corrected chi connectivity index (χ3v) is 3.19. The van der Waals surface area contributed by atoms with E-state index in [1.54, 1.807) is 32.0 Å². The fourth-order valence-corrected chi connectivity index (χ4v) is 1.43. The summed E-state index contributed by atoms with van der Waals surface area (Å²) in [6.07, 6.45) is 0. The Labute approximate surface area is 89.9 Å². The molecule has 1 unspecified atom stereocenters. The number of para-hydroxylation sites is 1. The summed E-state index contributed by atoms with van der Waals surface area (Å²) in [5.41, 5.74) is 3.49. The minimum atomic E-state index is -1.65. The first kappa shape index (κ1) is 12.0. The molecule has 1 atom stereocenters. The van der Waals surface area contributed by atoms with Crippen LogP contribution in [0.2, 0.25) is 0 Å². The number of hydrogen-bond acceptors (Lipinski definition) is 2. The number of benzene rings is 1. The quantitative estimate of drug-likeness (QED) is 0.807. The van der Waals surface area contributed by atoms with Crippen LogP contribution < -0.4 is 5.73 Å². The SMILES string of the molecule is CC(C)(CN)C(C)(F)c1ccccc1O. The summed E-state index contributed by atoms with van der Waals surface area (Å²) in [4.78, 5) is 0. The van der Waals surface area contributed by atoms with E-state index in [1.807, 2.05) is 0 Å². The van der Waals surface area contributed by atoms with Crippen LogP contribution in [0.5, 0.6) is 5.75 Å². The molecule has 0 spiro atoms. The molecule has 0 saturated heterocycles. The summed E-state index contributed by atoms with van der Waals surface area (Å²) in [5.74, 6) is -0.0241. The molecular weight excluding hydrogens is 193 g/mol. The van der Waals surface area contributed by atoms with Gasteiger partial charge in [-0.1, -0.05) is 32.0 Å². The standard InChI is InChI=1S/C12H18FNO/c1-11(2,8-14)12(3,13)9-6-4-5-7-10(9)15/h4-7,15H,8,14H2,1-3H3. The van der Waals surface area contributed by atoms with E-state index in [2.05, 4.69) is 0 Å². The van der Waals surface area contributed by atoms with Gasteiger partial charge in [0.25, 0.3) is 0 Å². The number of rotatable bonds is 3. The highest BCUT2D eigenvalue weighted by Crippen LogP contribution is 2.45. The van der Waals surface area contributed by atoms with Crippen molar-refractivity contribution in [2.75, 3.05) is 6.54 Å². The lowest BCUT2D eigenvalue weighted by Crippen LogP contribution is -2.41. The summed E-state index contributed by atoms with van der Waals surface area (Å²) in [7, 11) is 0. The van der Waals surface area contributed by atoms with Crippen LogP contribution in [-0.2, 0) is 5.67 Å². The van der Waals surface area contributed by atoms with Gasteiger partial charge in [-0.05, 0) is 13.0 Å². The van der Waals surface area contributed by atoms with Crippen molar-refractivity contribution in [3.8, 4) is 5.75 Å². The van der Waals surface area contributed by atoms with Gasteiger partial charge < -0.3 is 10.8 Å². The van der Waals surface area contributed by atoms with E-state index in [1.165, 1.54) is 13.0 Å². The minimum Gasteiger partial charge on any atom is -0.508 e. The Morgan fingerprint density at radius 2 is 1.80 bits per heavy atom. The zero-order valence-corrected chi connectivity index (χ0v) is 9.42. The van der Waals surface area contributed by atoms with E-state index in [-0.39, 0.29) is 12.3 Å². The number of phenols is 1. The van der Waals surface area contributed by atoms with E-state index in [0.717, 1.165) is 0 Å². The fraction of sp³-hybridized carbons (Fsp3) is 0.500. The van der Waals surface area contributed by atoms with E-state index in [4.69, 9.17) is 5.73 Å². The van der Waals surface area contributed by atoms with Crippen molar-refractivity contribution in [2.45, 2.75) is 26.4 Å². The minimum absolute atomic E-state index is 0.0241. The first-order valence-corrected chi connectivity index (χ1v) is 5.00. The van der Waals surface area contributed by atoms with Crippen LogP contribution >= 0.6 is 0 Å². The van der Waals surface area contributed by atoms with Crippen LogP contribution in [0.1, 0.15) is 26.3 Å². The molecule has 0 amide bonds. The summed E-state index contributed by atoms with van der Waals surface area (Å²) < 4.78 is 14.6. The summed E-state index contributed by atoms with van der Waals surface area (Å²) in [5, 5.41) is 9.62. The lowest BCUT2D eigenvalue weighted by atomic mass is 9.73. The molecule has 0 aliphatic carbocycles. The summed E-state index contributed by atoms with van der Waals surface area (Å²) in [6.45, 7) is 5.17. The zero-order chi connectivity index (χ0) is 11.7. The highest BCUT2D eigenvalue weighted by Gasteiger charge is 2.43. The van der Waals surface area contributed by atoms with E-state index < -0.39 is 11.1 Å². The van der Waals surface area contributed by atoms with Gasteiger partial charge >= 0.3 is 0 Å². The molecule has 1 aromatic carbocycles. The van der Waals surface area contributed by atoms with Crippen LogP contribution in [0, 0.1) is 5.41 Å². The maximum Gasteiger partial charge on any atom is 0.143 e. The molecule has 15 heavy (non-hydrogen) atoms. The maximum absolute atomic E-state index is 14.6. The Bertz CT molecular complexity index is 347. The highest BCUT2D eigenvalue weighted by molar-refractivity contribution is 5.37.